The molecule has 2 heteroatoms. The van der Waals surface area contributed by atoms with Crippen LogP contribution in [0.15, 0.2) is 0 Å². The molecule has 1 heterocycles. The zero-order valence-corrected chi connectivity index (χ0v) is 6.89. The minimum Gasteiger partial charge on any atom is -0.449 e. The van der Waals surface area contributed by atoms with E-state index in [1.165, 1.54) is 0 Å². The van der Waals surface area contributed by atoms with Crippen LogP contribution in [-0.2, 0) is 9.53 Å². The predicted octanol–water partition coefficient (Wildman–Crippen LogP) is 1.35. The quantitative estimate of drug-likeness (QED) is 0.387. The van der Waals surface area contributed by atoms with Crippen molar-refractivity contribution in [3.8, 4) is 12.3 Å². The van der Waals surface area contributed by atoms with Gasteiger partial charge in [-0.05, 0) is 5.41 Å². The standard InChI is InChI=1S/C9H12O2/c1-4-7-5-9(2,3)6-8(10)11-7/h1,7H,5-6H2,2-3H3. The third kappa shape index (κ3) is 1.98. The molecular weight excluding hydrogens is 140 g/mol. The van der Waals surface area contributed by atoms with Gasteiger partial charge in [-0.3, -0.25) is 4.79 Å². The van der Waals surface area contributed by atoms with Gasteiger partial charge >= 0.3 is 5.97 Å². The Kier molecular flexibility index (Phi) is 1.90. The highest BCUT2D eigenvalue weighted by Gasteiger charge is 2.33. The van der Waals surface area contributed by atoms with E-state index >= 15 is 0 Å². The maximum Gasteiger partial charge on any atom is 0.307 e. The van der Waals surface area contributed by atoms with Crippen LogP contribution in [-0.4, -0.2) is 12.1 Å². The lowest BCUT2D eigenvalue weighted by Gasteiger charge is -2.31. The molecule has 1 aliphatic rings. The van der Waals surface area contributed by atoms with Gasteiger partial charge in [-0.1, -0.05) is 19.8 Å². The van der Waals surface area contributed by atoms with E-state index in [0.717, 1.165) is 6.42 Å². The molecule has 1 rings (SSSR count). The number of ether oxygens (including phenoxy) is 1. The van der Waals surface area contributed by atoms with Crippen LogP contribution in [0, 0.1) is 17.8 Å². The van der Waals surface area contributed by atoms with Crippen LogP contribution in [0.4, 0.5) is 0 Å². The fraction of sp³-hybridized carbons (Fsp3) is 0.667. The predicted molar refractivity (Wildman–Crippen MR) is 41.7 cm³/mol. The first kappa shape index (κ1) is 8.13. The average Bonchev–Trinajstić information content (AvgIpc) is 1.83. The molecule has 0 amide bonds. The Hall–Kier alpha value is -0.970. The van der Waals surface area contributed by atoms with Crippen molar-refractivity contribution >= 4 is 5.97 Å². The number of cyclic esters (lactones) is 1. The first-order valence-electron chi connectivity index (χ1n) is 3.69. The van der Waals surface area contributed by atoms with Crippen LogP contribution in [0.1, 0.15) is 26.7 Å². The first-order valence-corrected chi connectivity index (χ1v) is 3.69. The van der Waals surface area contributed by atoms with Gasteiger partial charge in [-0.25, -0.2) is 0 Å². The van der Waals surface area contributed by atoms with Gasteiger partial charge in [0.1, 0.15) is 0 Å². The summed E-state index contributed by atoms with van der Waals surface area (Å²) in [5, 5.41) is 0. The third-order valence-electron chi connectivity index (χ3n) is 1.82. The lowest BCUT2D eigenvalue weighted by molar-refractivity contribution is -0.156. The van der Waals surface area contributed by atoms with E-state index in [2.05, 4.69) is 5.92 Å². The summed E-state index contributed by atoms with van der Waals surface area (Å²) in [7, 11) is 0. The summed E-state index contributed by atoms with van der Waals surface area (Å²) in [4.78, 5) is 10.9. The van der Waals surface area contributed by atoms with Crippen LogP contribution in [0.3, 0.4) is 0 Å². The minimum absolute atomic E-state index is 0.00632. The number of hydrogen-bond donors (Lipinski definition) is 0. The van der Waals surface area contributed by atoms with Crippen LogP contribution in [0.25, 0.3) is 0 Å². The number of hydrogen-bond acceptors (Lipinski definition) is 2. The molecule has 0 aromatic heterocycles. The topological polar surface area (TPSA) is 26.3 Å². The number of rotatable bonds is 0. The Morgan fingerprint density at radius 3 is 2.82 bits per heavy atom. The average molecular weight is 152 g/mol. The molecule has 0 aromatic carbocycles. The molecule has 60 valence electrons. The molecule has 0 spiro atoms. The van der Waals surface area contributed by atoms with Crippen LogP contribution in [0.2, 0.25) is 0 Å². The zero-order chi connectivity index (χ0) is 8.48. The van der Waals surface area contributed by atoms with Crippen molar-refractivity contribution in [2.75, 3.05) is 0 Å². The monoisotopic (exact) mass is 152 g/mol. The van der Waals surface area contributed by atoms with Crippen LogP contribution >= 0.6 is 0 Å². The van der Waals surface area contributed by atoms with E-state index < -0.39 is 0 Å². The molecule has 2 nitrogen and oxygen atoms in total. The molecule has 1 saturated heterocycles. The molecular formula is C9H12O2. The van der Waals surface area contributed by atoms with E-state index in [9.17, 15) is 4.79 Å². The maximum atomic E-state index is 10.9. The Morgan fingerprint density at radius 2 is 2.36 bits per heavy atom. The van der Waals surface area contributed by atoms with Gasteiger partial charge in [0, 0.05) is 6.42 Å². The van der Waals surface area contributed by atoms with E-state index in [-0.39, 0.29) is 17.5 Å². The van der Waals surface area contributed by atoms with Crippen LogP contribution < -0.4 is 0 Å². The Bertz CT molecular complexity index is 210. The molecule has 1 aliphatic heterocycles. The fourth-order valence-electron chi connectivity index (χ4n) is 1.30. The fourth-order valence-corrected chi connectivity index (χ4v) is 1.30. The summed E-state index contributed by atoms with van der Waals surface area (Å²) in [6, 6.07) is 0. The Balaban J connectivity index is 2.67. The number of carbonyl (C=O) groups excluding carboxylic acids is 1. The maximum absolute atomic E-state index is 10.9. The minimum atomic E-state index is -0.314. The number of carbonyl (C=O) groups is 1. The second kappa shape index (κ2) is 2.58. The third-order valence-corrected chi connectivity index (χ3v) is 1.82. The van der Waals surface area contributed by atoms with Gasteiger partial charge in [-0.15, -0.1) is 6.42 Å². The SMILES string of the molecule is C#CC1CC(C)(C)CC(=O)O1. The Labute approximate surface area is 66.9 Å². The smallest absolute Gasteiger partial charge is 0.307 e. The second-order valence-corrected chi connectivity index (χ2v) is 3.69. The van der Waals surface area contributed by atoms with Crippen molar-refractivity contribution < 1.29 is 9.53 Å². The van der Waals surface area contributed by atoms with Gasteiger partial charge < -0.3 is 4.74 Å². The molecule has 0 N–H and O–H groups in total. The summed E-state index contributed by atoms with van der Waals surface area (Å²) in [5.41, 5.74) is 0.00632. The van der Waals surface area contributed by atoms with E-state index in [0.29, 0.717) is 6.42 Å². The second-order valence-electron chi connectivity index (χ2n) is 3.69. The number of esters is 1. The lowest BCUT2D eigenvalue weighted by atomic mass is 9.82. The largest absolute Gasteiger partial charge is 0.449 e. The summed E-state index contributed by atoms with van der Waals surface area (Å²) in [6.07, 6.45) is 6.10. The molecule has 0 aliphatic carbocycles. The van der Waals surface area contributed by atoms with Crippen molar-refractivity contribution in [1.82, 2.24) is 0 Å². The molecule has 1 fully saturated rings. The van der Waals surface area contributed by atoms with Gasteiger partial charge in [0.2, 0.25) is 0 Å². The molecule has 0 aromatic rings. The molecule has 0 saturated carbocycles. The summed E-state index contributed by atoms with van der Waals surface area (Å²) in [5.74, 6) is 2.27. The van der Waals surface area contributed by atoms with E-state index in [1.54, 1.807) is 0 Å². The van der Waals surface area contributed by atoms with Crippen molar-refractivity contribution in [2.24, 2.45) is 5.41 Å². The normalized spacial score (nSPS) is 28.8. The summed E-state index contributed by atoms with van der Waals surface area (Å²) >= 11 is 0. The highest BCUT2D eigenvalue weighted by atomic mass is 16.5. The van der Waals surface area contributed by atoms with Gasteiger partial charge in [0.05, 0.1) is 6.42 Å². The molecule has 1 unspecified atom stereocenters. The van der Waals surface area contributed by atoms with E-state index in [1.807, 2.05) is 13.8 Å². The number of terminal acetylenes is 1. The lowest BCUT2D eigenvalue weighted by Crippen LogP contribution is -2.33. The molecule has 11 heavy (non-hydrogen) atoms. The van der Waals surface area contributed by atoms with Crippen molar-refractivity contribution in [1.29, 1.82) is 0 Å². The molecule has 1 atom stereocenters. The summed E-state index contributed by atoms with van der Waals surface area (Å²) in [6.45, 7) is 4.05. The highest BCUT2D eigenvalue weighted by Crippen LogP contribution is 2.32. The van der Waals surface area contributed by atoms with Gasteiger partial charge in [0.25, 0.3) is 0 Å². The first-order chi connectivity index (χ1) is 5.03. The van der Waals surface area contributed by atoms with Gasteiger partial charge in [-0.2, -0.15) is 0 Å². The van der Waals surface area contributed by atoms with Crippen LogP contribution in [0.5, 0.6) is 0 Å². The molecule has 0 bridgehead atoms. The van der Waals surface area contributed by atoms with E-state index in [4.69, 9.17) is 11.2 Å². The summed E-state index contributed by atoms with van der Waals surface area (Å²) < 4.78 is 4.90. The van der Waals surface area contributed by atoms with Crippen molar-refractivity contribution in [2.45, 2.75) is 32.8 Å². The zero-order valence-electron chi connectivity index (χ0n) is 6.89. The molecule has 0 radical (unpaired) electrons. The van der Waals surface area contributed by atoms with Crippen molar-refractivity contribution in [3.05, 3.63) is 0 Å². The van der Waals surface area contributed by atoms with Crippen molar-refractivity contribution in [3.63, 3.8) is 0 Å². The Morgan fingerprint density at radius 1 is 1.73 bits per heavy atom. The van der Waals surface area contributed by atoms with Gasteiger partial charge in [0.15, 0.2) is 6.10 Å². The highest BCUT2D eigenvalue weighted by molar-refractivity contribution is 5.71.